The molecule has 0 saturated carbocycles. The van der Waals surface area contributed by atoms with Crippen molar-refractivity contribution in [2.75, 3.05) is 13.1 Å². The lowest BCUT2D eigenvalue weighted by atomic mass is 9.79. The highest BCUT2D eigenvalue weighted by Gasteiger charge is 2.36. The van der Waals surface area contributed by atoms with Gasteiger partial charge in [-0.15, -0.1) is 0 Å². The summed E-state index contributed by atoms with van der Waals surface area (Å²) in [4.78, 5) is 30.0. The van der Waals surface area contributed by atoms with Crippen molar-refractivity contribution < 1.29 is 9.59 Å². The molecule has 0 unspecified atom stereocenters. The van der Waals surface area contributed by atoms with Crippen molar-refractivity contribution in [3.63, 3.8) is 0 Å². The molecule has 2 aromatic rings. The topological polar surface area (TPSA) is 94.1 Å². The zero-order valence-electron chi connectivity index (χ0n) is 13.0. The smallest absolute Gasteiger partial charge is 0.255 e. The van der Waals surface area contributed by atoms with Crippen LogP contribution in [-0.4, -0.2) is 44.6 Å². The number of carbonyl (C=O) groups excluding carboxylic acids is 2. The highest BCUT2D eigenvalue weighted by molar-refractivity contribution is 5.94. The summed E-state index contributed by atoms with van der Waals surface area (Å²) in [6.45, 7) is 2.91. The maximum Gasteiger partial charge on any atom is 0.255 e. The quantitative estimate of drug-likeness (QED) is 0.914. The number of primary amides is 1. The van der Waals surface area contributed by atoms with Crippen LogP contribution in [0.5, 0.6) is 0 Å². The molecule has 0 radical (unpaired) electrons. The summed E-state index contributed by atoms with van der Waals surface area (Å²) in [6.07, 6.45) is 6.20. The summed E-state index contributed by atoms with van der Waals surface area (Å²) in [5.74, 6) is 0.289. The van der Waals surface area contributed by atoms with Crippen molar-refractivity contribution in [2.24, 2.45) is 11.1 Å². The Hall–Kier alpha value is -2.70. The third-order valence-electron chi connectivity index (χ3n) is 4.48. The molecule has 0 atom stereocenters. The Balaban J connectivity index is 1.68. The standard InChI is InChI=1S/C16H19N5O2/c1-16(15(17)23)5-9-20(10-6-16)14(22)12-3-4-13(18-11-12)21-8-2-7-19-21/h2-4,7-8,11H,5-6,9-10H2,1H3,(H2,17,23). The predicted molar refractivity (Wildman–Crippen MR) is 83.8 cm³/mol. The molecular formula is C16H19N5O2. The van der Waals surface area contributed by atoms with E-state index in [1.165, 1.54) is 0 Å². The molecule has 0 bridgehead atoms. The summed E-state index contributed by atoms with van der Waals surface area (Å²) in [6, 6.07) is 5.32. The Morgan fingerprint density at radius 1 is 1.26 bits per heavy atom. The number of piperidine rings is 1. The van der Waals surface area contributed by atoms with E-state index in [0.29, 0.717) is 37.3 Å². The van der Waals surface area contributed by atoms with Crippen LogP contribution in [0.25, 0.3) is 5.82 Å². The number of nitrogens with zero attached hydrogens (tertiary/aromatic N) is 4. The van der Waals surface area contributed by atoms with E-state index in [9.17, 15) is 9.59 Å². The van der Waals surface area contributed by atoms with E-state index in [1.54, 1.807) is 40.3 Å². The second-order valence-corrected chi connectivity index (χ2v) is 6.07. The second kappa shape index (κ2) is 5.83. The van der Waals surface area contributed by atoms with Crippen LogP contribution in [0.2, 0.25) is 0 Å². The van der Waals surface area contributed by atoms with Gasteiger partial charge in [0.2, 0.25) is 5.91 Å². The molecule has 120 valence electrons. The molecule has 3 heterocycles. The normalized spacial score (nSPS) is 17.0. The minimum atomic E-state index is -0.515. The molecule has 1 fully saturated rings. The van der Waals surface area contributed by atoms with Crippen molar-refractivity contribution in [3.05, 3.63) is 42.4 Å². The molecule has 0 spiro atoms. The summed E-state index contributed by atoms with van der Waals surface area (Å²) < 4.78 is 1.63. The number of amides is 2. The monoisotopic (exact) mass is 313 g/mol. The number of aromatic nitrogens is 3. The largest absolute Gasteiger partial charge is 0.369 e. The van der Waals surface area contributed by atoms with Crippen molar-refractivity contribution >= 4 is 11.8 Å². The Bertz CT molecular complexity index is 701. The summed E-state index contributed by atoms with van der Waals surface area (Å²) in [7, 11) is 0. The average Bonchev–Trinajstić information content (AvgIpc) is 3.09. The second-order valence-electron chi connectivity index (χ2n) is 6.07. The minimum Gasteiger partial charge on any atom is -0.369 e. The van der Waals surface area contributed by atoms with Crippen LogP contribution < -0.4 is 5.73 Å². The Labute approximate surface area is 134 Å². The molecular weight excluding hydrogens is 294 g/mol. The van der Waals surface area contributed by atoms with E-state index in [0.717, 1.165) is 0 Å². The van der Waals surface area contributed by atoms with Gasteiger partial charge in [-0.25, -0.2) is 9.67 Å². The number of nitrogens with two attached hydrogens (primary N) is 1. The molecule has 2 amide bonds. The number of carbonyl (C=O) groups is 2. The van der Waals surface area contributed by atoms with Crippen LogP contribution in [0.15, 0.2) is 36.8 Å². The number of rotatable bonds is 3. The molecule has 2 N–H and O–H groups in total. The van der Waals surface area contributed by atoms with E-state index in [4.69, 9.17) is 5.73 Å². The van der Waals surface area contributed by atoms with Crippen molar-refractivity contribution in [1.82, 2.24) is 19.7 Å². The first-order valence-electron chi connectivity index (χ1n) is 7.55. The minimum absolute atomic E-state index is 0.0731. The zero-order chi connectivity index (χ0) is 16.4. The summed E-state index contributed by atoms with van der Waals surface area (Å²) >= 11 is 0. The van der Waals surface area contributed by atoms with Gasteiger partial charge in [0.05, 0.1) is 5.56 Å². The van der Waals surface area contributed by atoms with Crippen LogP contribution in [-0.2, 0) is 4.79 Å². The zero-order valence-corrected chi connectivity index (χ0v) is 13.0. The summed E-state index contributed by atoms with van der Waals surface area (Å²) in [5.41, 5.74) is 5.45. The Morgan fingerprint density at radius 3 is 2.52 bits per heavy atom. The molecule has 0 aliphatic carbocycles. The first-order valence-corrected chi connectivity index (χ1v) is 7.55. The highest BCUT2D eigenvalue weighted by Crippen LogP contribution is 2.30. The third-order valence-corrected chi connectivity index (χ3v) is 4.48. The van der Waals surface area contributed by atoms with Gasteiger partial charge >= 0.3 is 0 Å². The Morgan fingerprint density at radius 2 is 2.00 bits per heavy atom. The summed E-state index contributed by atoms with van der Waals surface area (Å²) in [5, 5.41) is 4.10. The lowest BCUT2D eigenvalue weighted by Gasteiger charge is -2.37. The number of pyridine rings is 1. The predicted octanol–water partition coefficient (Wildman–Crippen LogP) is 0.995. The SMILES string of the molecule is CC1(C(N)=O)CCN(C(=O)c2ccc(-n3cccn3)nc2)CC1. The van der Waals surface area contributed by atoms with Gasteiger partial charge in [0.25, 0.3) is 5.91 Å². The maximum absolute atomic E-state index is 12.5. The molecule has 1 aliphatic rings. The molecule has 1 saturated heterocycles. The highest BCUT2D eigenvalue weighted by atomic mass is 16.2. The molecule has 23 heavy (non-hydrogen) atoms. The van der Waals surface area contributed by atoms with Gasteiger partial charge in [0, 0.05) is 37.1 Å². The van der Waals surface area contributed by atoms with Gasteiger partial charge in [-0.2, -0.15) is 5.10 Å². The van der Waals surface area contributed by atoms with Gasteiger partial charge < -0.3 is 10.6 Å². The molecule has 7 nitrogen and oxygen atoms in total. The van der Waals surface area contributed by atoms with Gasteiger partial charge in [-0.1, -0.05) is 6.92 Å². The fraction of sp³-hybridized carbons (Fsp3) is 0.375. The maximum atomic E-state index is 12.5. The molecule has 7 heteroatoms. The van der Waals surface area contributed by atoms with Crippen molar-refractivity contribution in [1.29, 1.82) is 0 Å². The number of likely N-dealkylation sites (tertiary alicyclic amines) is 1. The van der Waals surface area contributed by atoms with E-state index in [2.05, 4.69) is 10.1 Å². The number of hydrogen-bond acceptors (Lipinski definition) is 4. The van der Waals surface area contributed by atoms with Gasteiger partial charge in [-0.05, 0) is 31.0 Å². The fourth-order valence-electron chi connectivity index (χ4n) is 2.68. The van der Waals surface area contributed by atoms with E-state index >= 15 is 0 Å². The average molecular weight is 313 g/mol. The van der Waals surface area contributed by atoms with Gasteiger partial charge in [0.15, 0.2) is 5.82 Å². The van der Waals surface area contributed by atoms with Crippen LogP contribution in [0.3, 0.4) is 0 Å². The van der Waals surface area contributed by atoms with E-state index in [1.807, 2.05) is 13.0 Å². The molecule has 1 aliphatic heterocycles. The van der Waals surface area contributed by atoms with E-state index < -0.39 is 5.41 Å². The van der Waals surface area contributed by atoms with Crippen LogP contribution in [0.4, 0.5) is 0 Å². The van der Waals surface area contributed by atoms with Crippen molar-refractivity contribution in [3.8, 4) is 5.82 Å². The van der Waals surface area contributed by atoms with Crippen LogP contribution in [0, 0.1) is 5.41 Å². The van der Waals surface area contributed by atoms with Crippen molar-refractivity contribution in [2.45, 2.75) is 19.8 Å². The number of hydrogen-bond donors (Lipinski definition) is 1. The molecule has 0 aromatic carbocycles. The van der Waals surface area contributed by atoms with Gasteiger partial charge in [-0.3, -0.25) is 9.59 Å². The van der Waals surface area contributed by atoms with Gasteiger partial charge in [0.1, 0.15) is 0 Å². The third kappa shape index (κ3) is 2.94. The lowest BCUT2D eigenvalue weighted by Crippen LogP contribution is -2.47. The fourth-order valence-corrected chi connectivity index (χ4v) is 2.68. The molecule has 3 rings (SSSR count). The van der Waals surface area contributed by atoms with E-state index in [-0.39, 0.29) is 11.8 Å². The Kier molecular flexibility index (Phi) is 3.85. The first kappa shape index (κ1) is 15.2. The lowest BCUT2D eigenvalue weighted by molar-refractivity contribution is -0.129. The van der Waals surface area contributed by atoms with Crippen LogP contribution in [0.1, 0.15) is 30.1 Å². The first-order chi connectivity index (χ1) is 11.0. The molecule has 2 aromatic heterocycles. The van der Waals surface area contributed by atoms with Crippen LogP contribution >= 0.6 is 0 Å².